The molecule has 3 nitrogen and oxygen atoms in total. The molecule has 0 aliphatic rings. The lowest BCUT2D eigenvalue weighted by Gasteiger charge is -2.02. The number of carboxylic acids is 1. The number of carboxylic acid groups (broad SMARTS) is 1. The van der Waals surface area contributed by atoms with E-state index in [0.29, 0.717) is 21.1 Å². The standard InChI is InChI=1S/C15H9ClFNO2S/c16-10-2-1-3-11(17)9(10)7-14-18-12-5-4-8(15(19)20)6-13(12)21-14/h1-6H,7H2,(H,19,20). The van der Waals surface area contributed by atoms with Gasteiger partial charge in [-0.1, -0.05) is 17.7 Å². The second-order valence-corrected chi connectivity index (χ2v) is 5.99. The monoisotopic (exact) mass is 321 g/mol. The molecule has 106 valence electrons. The quantitative estimate of drug-likeness (QED) is 0.779. The van der Waals surface area contributed by atoms with Crippen LogP contribution in [0.4, 0.5) is 4.39 Å². The highest BCUT2D eigenvalue weighted by Gasteiger charge is 2.12. The Morgan fingerprint density at radius 2 is 2.14 bits per heavy atom. The molecule has 6 heteroatoms. The highest BCUT2D eigenvalue weighted by atomic mass is 35.5. The Morgan fingerprint density at radius 3 is 2.86 bits per heavy atom. The van der Waals surface area contributed by atoms with E-state index in [1.165, 1.54) is 23.5 Å². The zero-order chi connectivity index (χ0) is 15.0. The fraction of sp³-hybridized carbons (Fsp3) is 0.0667. The molecule has 0 bridgehead atoms. The van der Waals surface area contributed by atoms with Gasteiger partial charge in [-0.25, -0.2) is 14.2 Å². The Kier molecular flexibility index (Phi) is 3.61. The van der Waals surface area contributed by atoms with E-state index in [-0.39, 0.29) is 17.8 Å². The van der Waals surface area contributed by atoms with E-state index >= 15 is 0 Å². The molecule has 1 N–H and O–H groups in total. The molecule has 0 saturated heterocycles. The molecule has 1 heterocycles. The first-order chi connectivity index (χ1) is 10.0. The van der Waals surface area contributed by atoms with Gasteiger partial charge in [-0.3, -0.25) is 0 Å². The van der Waals surface area contributed by atoms with Gasteiger partial charge >= 0.3 is 5.97 Å². The van der Waals surface area contributed by atoms with E-state index in [4.69, 9.17) is 16.7 Å². The minimum atomic E-state index is -0.982. The predicted molar refractivity (Wildman–Crippen MR) is 80.8 cm³/mol. The number of thiazole rings is 1. The lowest BCUT2D eigenvalue weighted by Crippen LogP contribution is -1.94. The van der Waals surface area contributed by atoms with Gasteiger partial charge in [0.1, 0.15) is 5.82 Å². The van der Waals surface area contributed by atoms with Gasteiger partial charge in [0.2, 0.25) is 0 Å². The zero-order valence-corrected chi connectivity index (χ0v) is 12.2. The van der Waals surface area contributed by atoms with Crippen molar-refractivity contribution in [3.63, 3.8) is 0 Å². The summed E-state index contributed by atoms with van der Waals surface area (Å²) < 4.78 is 14.5. The number of aromatic carboxylic acids is 1. The van der Waals surface area contributed by atoms with Crippen LogP contribution < -0.4 is 0 Å². The van der Waals surface area contributed by atoms with Crippen LogP contribution in [-0.4, -0.2) is 16.1 Å². The Hall–Kier alpha value is -1.98. The molecular weight excluding hydrogens is 313 g/mol. The average Bonchev–Trinajstić information content (AvgIpc) is 2.84. The highest BCUT2D eigenvalue weighted by molar-refractivity contribution is 7.18. The summed E-state index contributed by atoms with van der Waals surface area (Å²) in [6.07, 6.45) is 0.285. The van der Waals surface area contributed by atoms with Gasteiger partial charge in [-0.05, 0) is 30.3 Å². The largest absolute Gasteiger partial charge is 0.478 e. The van der Waals surface area contributed by atoms with E-state index in [1.54, 1.807) is 24.3 Å². The molecule has 2 aromatic carbocycles. The third-order valence-electron chi connectivity index (χ3n) is 3.07. The molecule has 0 saturated carbocycles. The summed E-state index contributed by atoms with van der Waals surface area (Å²) in [7, 11) is 0. The molecule has 0 spiro atoms. The summed E-state index contributed by atoms with van der Waals surface area (Å²) in [4.78, 5) is 15.3. The van der Waals surface area contributed by atoms with Crippen LogP contribution in [0.1, 0.15) is 20.9 Å². The predicted octanol–water partition coefficient (Wildman–Crippen LogP) is 4.38. The van der Waals surface area contributed by atoms with Crippen LogP contribution in [0.3, 0.4) is 0 Å². The maximum absolute atomic E-state index is 13.8. The summed E-state index contributed by atoms with van der Waals surface area (Å²) in [6.45, 7) is 0. The number of carbonyl (C=O) groups is 1. The van der Waals surface area contributed by atoms with Crippen molar-refractivity contribution in [2.45, 2.75) is 6.42 Å². The van der Waals surface area contributed by atoms with E-state index < -0.39 is 5.97 Å². The molecule has 0 aliphatic heterocycles. The van der Waals surface area contributed by atoms with Crippen LogP contribution >= 0.6 is 22.9 Å². The van der Waals surface area contributed by atoms with Crippen LogP contribution in [0.15, 0.2) is 36.4 Å². The minimum absolute atomic E-state index is 0.210. The molecule has 0 amide bonds. The number of fused-ring (bicyclic) bond motifs is 1. The van der Waals surface area contributed by atoms with Crippen LogP contribution in [0, 0.1) is 5.82 Å². The van der Waals surface area contributed by atoms with Crippen molar-refractivity contribution in [3.05, 3.63) is 63.4 Å². The Balaban J connectivity index is 2.00. The number of benzene rings is 2. The average molecular weight is 322 g/mol. The Labute approximate surface area is 128 Å². The van der Waals surface area contributed by atoms with Crippen molar-refractivity contribution in [1.29, 1.82) is 0 Å². The molecule has 1 aromatic heterocycles. The van der Waals surface area contributed by atoms with Crippen LogP contribution in [-0.2, 0) is 6.42 Å². The van der Waals surface area contributed by atoms with Gasteiger partial charge in [-0.2, -0.15) is 0 Å². The number of hydrogen-bond donors (Lipinski definition) is 1. The van der Waals surface area contributed by atoms with Gasteiger partial charge in [-0.15, -0.1) is 11.3 Å². The second kappa shape index (κ2) is 5.42. The van der Waals surface area contributed by atoms with Crippen LogP contribution in [0.2, 0.25) is 5.02 Å². The Morgan fingerprint density at radius 1 is 1.33 bits per heavy atom. The van der Waals surface area contributed by atoms with E-state index in [2.05, 4.69) is 4.98 Å². The molecular formula is C15H9ClFNO2S. The number of hydrogen-bond acceptors (Lipinski definition) is 3. The van der Waals surface area contributed by atoms with Gasteiger partial charge < -0.3 is 5.11 Å². The molecule has 3 rings (SSSR count). The number of aromatic nitrogens is 1. The topological polar surface area (TPSA) is 50.2 Å². The third-order valence-corrected chi connectivity index (χ3v) is 4.44. The van der Waals surface area contributed by atoms with Gasteiger partial charge in [0.15, 0.2) is 0 Å². The number of halogens is 2. The van der Waals surface area contributed by atoms with Crippen LogP contribution in [0.5, 0.6) is 0 Å². The number of rotatable bonds is 3. The van der Waals surface area contributed by atoms with Crippen molar-refractivity contribution in [3.8, 4) is 0 Å². The molecule has 0 fully saturated rings. The SMILES string of the molecule is O=C(O)c1ccc2nc(Cc3c(F)cccc3Cl)sc2c1. The molecule has 3 aromatic rings. The van der Waals surface area contributed by atoms with Gasteiger partial charge in [0, 0.05) is 17.0 Å². The molecule has 0 radical (unpaired) electrons. The molecule has 0 unspecified atom stereocenters. The third kappa shape index (κ3) is 2.75. The normalized spacial score (nSPS) is 11.0. The Bertz CT molecular complexity index is 827. The first kappa shape index (κ1) is 14.0. The van der Waals surface area contributed by atoms with Crippen molar-refractivity contribution in [1.82, 2.24) is 4.98 Å². The van der Waals surface area contributed by atoms with Crippen molar-refractivity contribution >= 4 is 39.1 Å². The van der Waals surface area contributed by atoms with E-state index in [1.807, 2.05) is 0 Å². The molecule has 0 atom stereocenters. The molecule has 0 aliphatic carbocycles. The van der Waals surface area contributed by atoms with Crippen molar-refractivity contribution in [2.24, 2.45) is 0 Å². The van der Waals surface area contributed by atoms with Crippen LogP contribution in [0.25, 0.3) is 10.2 Å². The van der Waals surface area contributed by atoms with E-state index in [0.717, 1.165) is 4.70 Å². The molecule has 21 heavy (non-hydrogen) atoms. The highest BCUT2D eigenvalue weighted by Crippen LogP contribution is 2.28. The summed E-state index contributed by atoms with van der Waals surface area (Å²) in [5, 5.41) is 10.0. The van der Waals surface area contributed by atoms with Crippen molar-refractivity contribution in [2.75, 3.05) is 0 Å². The zero-order valence-electron chi connectivity index (χ0n) is 10.6. The van der Waals surface area contributed by atoms with Crippen molar-refractivity contribution < 1.29 is 14.3 Å². The van der Waals surface area contributed by atoms with Gasteiger partial charge in [0.05, 0.1) is 20.8 Å². The lowest BCUT2D eigenvalue weighted by atomic mass is 10.1. The second-order valence-electron chi connectivity index (χ2n) is 4.47. The first-order valence-corrected chi connectivity index (χ1v) is 7.29. The fourth-order valence-corrected chi connectivity index (χ4v) is 3.28. The maximum Gasteiger partial charge on any atom is 0.335 e. The summed E-state index contributed by atoms with van der Waals surface area (Å²) in [5.41, 5.74) is 1.31. The fourth-order valence-electron chi connectivity index (χ4n) is 2.03. The van der Waals surface area contributed by atoms with Gasteiger partial charge in [0.25, 0.3) is 0 Å². The summed E-state index contributed by atoms with van der Waals surface area (Å²) in [6, 6.07) is 9.28. The lowest BCUT2D eigenvalue weighted by molar-refractivity contribution is 0.0697. The summed E-state index contributed by atoms with van der Waals surface area (Å²) in [5.74, 6) is -1.35. The maximum atomic E-state index is 13.8. The summed E-state index contributed by atoms with van der Waals surface area (Å²) >= 11 is 7.35. The minimum Gasteiger partial charge on any atom is -0.478 e. The smallest absolute Gasteiger partial charge is 0.335 e. The first-order valence-electron chi connectivity index (χ1n) is 6.10. The van der Waals surface area contributed by atoms with E-state index in [9.17, 15) is 9.18 Å². The number of nitrogens with zero attached hydrogens (tertiary/aromatic N) is 1.